The van der Waals surface area contributed by atoms with E-state index in [-0.39, 0.29) is 0 Å². The zero-order valence-electron chi connectivity index (χ0n) is 11.7. The van der Waals surface area contributed by atoms with E-state index < -0.39 is 38.0 Å². The van der Waals surface area contributed by atoms with E-state index in [4.69, 9.17) is 20.4 Å². The van der Waals surface area contributed by atoms with Gasteiger partial charge in [-0.15, -0.1) is 0 Å². The Balaban J connectivity index is 5.31. The van der Waals surface area contributed by atoms with Gasteiger partial charge in [-0.1, -0.05) is 13.7 Å². The number of hydrogen-bond donors (Lipinski definition) is 2. The van der Waals surface area contributed by atoms with Crippen molar-refractivity contribution >= 4 is 5.97 Å². The van der Waals surface area contributed by atoms with Crippen LogP contribution < -0.4 is 5.73 Å². The average Bonchev–Trinajstić information content (AvgIpc) is 2.11. The highest BCUT2D eigenvalue weighted by Gasteiger charge is 2.11. The third kappa shape index (κ3) is 3.97. The molecule has 0 spiro atoms. The first-order chi connectivity index (χ1) is 6.96. The van der Waals surface area contributed by atoms with E-state index in [1.807, 2.05) is 0 Å². The highest BCUT2D eigenvalue weighted by atomic mass is 16.4. The molecule has 0 amide bonds. The Morgan fingerprint density at radius 3 is 3.22 bits per heavy atom. The SMILES string of the molecule is [2H]C([2H])[C@]([2H])([C@@H]([2H])[C@H](N)C(=O)O)C([2H])([2H])[2H]. The van der Waals surface area contributed by atoms with Crippen LogP contribution in [0.5, 0.6) is 0 Å². The van der Waals surface area contributed by atoms with Gasteiger partial charge in [0.15, 0.2) is 0 Å². The zero-order valence-corrected chi connectivity index (χ0v) is 4.66. The van der Waals surface area contributed by atoms with Crippen LogP contribution in [0.2, 0.25) is 0 Å². The van der Waals surface area contributed by atoms with E-state index in [0.29, 0.717) is 0 Å². The minimum Gasteiger partial charge on any atom is -0.480 e. The summed E-state index contributed by atoms with van der Waals surface area (Å²) >= 11 is 0. The van der Waals surface area contributed by atoms with E-state index in [2.05, 4.69) is 0 Å². The normalized spacial score (nSPS) is 36.9. The quantitative estimate of drug-likeness (QED) is 0.595. The molecule has 0 rings (SSSR count). The standard InChI is InChI=1S/C6H13NO2/c1-4(2)3-5(7)6(8)9/h4-5H,3,7H2,1-2H3,(H,8,9)/t5-/m0/s1/i1D2,2D3,3D,4D/t3-,4+,5+/m1. The maximum absolute atomic E-state index is 10.5. The molecule has 0 aliphatic rings. The van der Waals surface area contributed by atoms with Gasteiger partial charge in [-0.05, 0) is 12.3 Å². The van der Waals surface area contributed by atoms with Gasteiger partial charge in [0.2, 0.25) is 0 Å². The molecule has 0 bridgehead atoms. The Labute approximate surface area is 64.7 Å². The molecule has 0 aromatic heterocycles. The highest BCUT2D eigenvalue weighted by Crippen LogP contribution is 2.01. The molecule has 3 nitrogen and oxygen atoms in total. The molecule has 0 aromatic rings. The first-order valence-corrected chi connectivity index (χ1v) is 2.21. The monoisotopic (exact) mass is 138 g/mol. The van der Waals surface area contributed by atoms with Gasteiger partial charge in [-0.2, -0.15) is 0 Å². The van der Waals surface area contributed by atoms with E-state index in [1.165, 1.54) is 0 Å². The first kappa shape index (κ1) is 2.23. The average molecular weight is 138 g/mol. The van der Waals surface area contributed by atoms with Crippen molar-refractivity contribution in [3.63, 3.8) is 0 Å². The summed E-state index contributed by atoms with van der Waals surface area (Å²) in [6, 6.07) is -1.92. The molecule has 0 saturated carbocycles. The summed E-state index contributed by atoms with van der Waals surface area (Å²) in [5.41, 5.74) is 5.06. The van der Waals surface area contributed by atoms with Gasteiger partial charge >= 0.3 is 5.97 Å². The predicted molar refractivity (Wildman–Crippen MR) is 35.1 cm³/mol. The van der Waals surface area contributed by atoms with Gasteiger partial charge < -0.3 is 10.8 Å². The number of carboxylic acids is 1. The van der Waals surface area contributed by atoms with E-state index in [1.54, 1.807) is 0 Å². The second kappa shape index (κ2) is 3.45. The van der Waals surface area contributed by atoms with Crippen LogP contribution in [0.3, 0.4) is 0 Å². The van der Waals surface area contributed by atoms with Crippen molar-refractivity contribution in [1.29, 1.82) is 0 Å². The van der Waals surface area contributed by atoms with Gasteiger partial charge in [-0.3, -0.25) is 4.79 Å². The minimum atomic E-state index is -3.12. The van der Waals surface area contributed by atoms with Crippen LogP contribution in [-0.2, 0) is 4.79 Å². The molecular weight excluding hydrogens is 118 g/mol. The topological polar surface area (TPSA) is 63.3 Å². The van der Waals surface area contributed by atoms with Crippen LogP contribution >= 0.6 is 0 Å². The molecule has 0 unspecified atom stereocenters. The molecule has 0 aliphatic heterocycles. The van der Waals surface area contributed by atoms with Crippen molar-refractivity contribution in [3.8, 4) is 0 Å². The summed E-state index contributed by atoms with van der Waals surface area (Å²) in [5.74, 6) is -4.49. The Morgan fingerprint density at radius 2 is 2.89 bits per heavy atom. The van der Waals surface area contributed by atoms with Gasteiger partial charge in [0.05, 0.1) is 0 Å². The summed E-state index contributed by atoms with van der Waals surface area (Å²) in [6.45, 7) is -5.33. The fourth-order valence-electron chi connectivity index (χ4n) is 0.265. The van der Waals surface area contributed by atoms with E-state index >= 15 is 0 Å². The fraction of sp³-hybridized carbons (Fsp3) is 0.833. The maximum Gasteiger partial charge on any atom is 0.320 e. The van der Waals surface area contributed by atoms with Crippen LogP contribution in [-0.4, -0.2) is 17.1 Å². The number of carbonyl (C=O) groups is 1. The maximum atomic E-state index is 10.5. The van der Waals surface area contributed by atoms with Crippen LogP contribution in [0.1, 0.15) is 29.7 Å². The lowest BCUT2D eigenvalue weighted by Gasteiger charge is -2.07. The van der Waals surface area contributed by atoms with Crippen molar-refractivity contribution in [1.82, 2.24) is 0 Å². The number of nitrogens with two attached hydrogens (primary N) is 1. The largest absolute Gasteiger partial charge is 0.480 e. The third-order valence-corrected chi connectivity index (χ3v) is 0.644. The Bertz CT molecular complexity index is 268. The minimum absolute atomic E-state index is 1.64. The molecule has 0 fully saturated rings. The summed E-state index contributed by atoms with van der Waals surface area (Å²) < 4.78 is 49.9. The van der Waals surface area contributed by atoms with Crippen LogP contribution in [0, 0.1) is 5.89 Å². The Hall–Kier alpha value is -0.570. The predicted octanol–water partition coefficient (Wildman–Crippen LogP) is 0.444. The Morgan fingerprint density at radius 1 is 2.22 bits per heavy atom. The molecule has 0 aromatic carbocycles. The highest BCUT2D eigenvalue weighted by molar-refractivity contribution is 5.72. The van der Waals surface area contributed by atoms with Crippen LogP contribution in [0.4, 0.5) is 0 Å². The lowest BCUT2D eigenvalue weighted by atomic mass is 10.1. The van der Waals surface area contributed by atoms with Gasteiger partial charge in [0.1, 0.15) is 6.04 Å². The lowest BCUT2D eigenvalue weighted by molar-refractivity contribution is -0.138. The molecule has 3 heteroatoms. The molecule has 0 radical (unpaired) electrons. The summed E-state index contributed by atoms with van der Waals surface area (Å²) in [6.07, 6.45) is -2.09. The number of hydrogen-bond acceptors (Lipinski definition) is 2. The van der Waals surface area contributed by atoms with Crippen LogP contribution in [0.25, 0.3) is 0 Å². The van der Waals surface area contributed by atoms with E-state index in [0.717, 1.165) is 0 Å². The van der Waals surface area contributed by atoms with Crippen molar-refractivity contribution < 1.29 is 19.5 Å². The smallest absolute Gasteiger partial charge is 0.320 e. The van der Waals surface area contributed by atoms with Gasteiger partial charge in [0.25, 0.3) is 0 Å². The summed E-state index contributed by atoms with van der Waals surface area (Å²) in [4.78, 5) is 10.5. The Kier molecular flexibility index (Phi) is 0.858. The molecule has 0 saturated heterocycles. The molecule has 54 valence electrons. The third-order valence-electron chi connectivity index (χ3n) is 0.644. The second-order valence-corrected chi connectivity index (χ2v) is 1.49. The number of aliphatic carboxylic acids is 1. The van der Waals surface area contributed by atoms with Crippen LogP contribution in [0.15, 0.2) is 0 Å². The van der Waals surface area contributed by atoms with E-state index in [9.17, 15) is 4.79 Å². The number of rotatable bonds is 3. The first-order valence-electron chi connectivity index (χ1n) is 5.94. The van der Waals surface area contributed by atoms with Gasteiger partial charge in [-0.25, -0.2) is 0 Å². The fourth-order valence-corrected chi connectivity index (χ4v) is 0.265. The molecule has 3 atom stereocenters. The van der Waals surface area contributed by atoms with Crippen molar-refractivity contribution in [2.75, 3.05) is 0 Å². The second-order valence-electron chi connectivity index (χ2n) is 1.49. The van der Waals surface area contributed by atoms with Gasteiger partial charge in [0, 0.05) is 9.60 Å². The summed E-state index contributed by atoms with van der Waals surface area (Å²) in [5, 5.41) is 8.53. The summed E-state index contributed by atoms with van der Waals surface area (Å²) in [7, 11) is 0. The molecule has 0 aliphatic carbocycles. The molecule has 3 N–H and O–H groups in total. The zero-order chi connectivity index (χ0) is 13.3. The lowest BCUT2D eigenvalue weighted by Crippen LogP contribution is -2.31. The van der Waals surface area contributed by atoms with Crippen molar-refractivity contribution in [2.45, 2.75) is 26.2 Å². The molecule has 0 heterocycles. The number of carboxylic acid groups (broad SMARTS) is 1. The molecule has 9 heavy (non-hydrogen) atoms. The van der Waals surface area contributed by atoms with Crippen molar-refractivity contribution in [3.05, 3.63) is 0 Å². The molecular formula is C6H13NO2. The van der Waals surface area contributed by atoms with Crippen molar-refractivity contribution in [2.24, 2.45) is 11.6 Å².